The maximum Gasteiger partial charge on any atom is 0.270 e. The highest BCUT2D eigenvalue weighted by atomic mass is 16.6. The van der Waals surface area contributed by atoms with Crippen molar-refractivity contribution in [3.05, 3.63) is 75.8 Å². The van der Waals surface area contributed by atoms with Crippen molar-refractivity contribution in [2.45, 2.75) is 0 Å². The molecule has 0 aliphatic carbocycles. The van der Waals surface area contributed by atoms with Gasteiger partial charge in [-0.2, -0.15) is 0 Å². The van der Waals surface area contributed by atoms with Gasteiger partial charge in [0.2, 0.25) is 0 Å². The van der Waals surface area contributed by atoms with E-state index in [1.54, 1.807) is 12.1 Å². The van der Waals surface area contributed by atoms with Crippen molar-refractivity contribution in [3.8, 4) is 5.75 Å². The van der Waals surface area contributed by atoms with Crippen LogP contribution < -0.4 is 4.74 Å². The van der Waals surface area contributed by atoms with Crippen LogP contribution in [0.2, 0.25) is 0 Å². The summed E-state index contributed by atoms with van der Waals surface area (Å²) >= 11 is 0. The quantitative estimate of drug-likeness (QED) is 0.608. The number of hydrogen-bond donors (Lipinski definition) is 0. The molecule has 0 aromatic heterocycles. The Morgan fingerprint density at radius 1 is 1.11 bits per heavy atom. The van der Waals surface area contributed by atoms with E-state index in [1.165, 1.54) is 6.07 Å². The van der Waals surface area contributed by atoms with E-state index in [2.05, 4.69) is 0 Å². The Morgan fingerprint density at radius 3 is 2.63 bits per heavy atom. The maximum atomic E-state index is 10.9. The summed E-state index contributed by atoms with van der Waals surface area (Å²) in [5, 5.41) is 10.9. The molecule has 1 aliphatic heterocycles. The highest BCUT2D eigenvalue weighted by Gasteiger charge is 2.18. The fraction of sp³-hybridized carbons (Fsp3) is 0.0667. The Labute approximate surface area is 110 Å². The van der Waals surface area contributed by atoms with Gasteiger partial charge in [0.25, 0.3) is 5.69 Å². The second kappa shape index (κ2) is 4.57. The molecule has 0 bridgehead atoms. The molecule has 0 radical (unpaired) electrons. The number of hydrogen-bond acceptors (Lipinski definition) is 3. The third-order valence-electron chi connectivity index (χ3n) is 3.08. The zero-order valence-corrected chi connectivity index (χ0v) is 10.1. The molecular weight excluding hydrogens is 242 g/mol. The van der Waals surface area contributed by atoms with E-state index >= 15 is 0 Å². The lowest BCUT2D eigenvalue weighted by atomic mass is 9.95. The smallest absolute Gasteiger partial charge is 0.270 e. The Morgan fingerprint density at radius 2 is 1.89 bits per heavy atom. The van der Waals surface area contributed by atoms with Gasteiger partial charge in [0.15, 0.2) is 0 Å². The van der Waals surface area contributed by atoms with Gasteiger partial charge in [-0.15, -0.1) is 0 Å². The molecule has 0 saturated heterocycles. The second-order valence-electron chi connectivity index (χ2n) is 4.23. The van der Waals surface area contributed by atoms with Crippen LogP contribution in [0.1, 0.15) is 11.1 Å². The number of benzene rings is 2. The van der Waals surface area contributed by atoms with Gasteiger partial charge in [0.05, 0.1) is 4.92 Å². The number of ether oxygens (including phenoxy) is 1. The molecule has 0 spiro atoms. The largest absolute Gasteiger partial charge is 0.489 e. The Bertz CT molecular complexity index is 662. The summed E-state index contributed by atoms with van der Waals surface area (Å²) in [5.74, 6) is 0.687. The summed E-state index contributed by atoms with van der Waals surface area (Å²) in [6, 6.07) is 14.5. The third kappa shape index (κ3) is 2.08. The molecular formula is C15H11NO3. The van der Waals surface area contributed by atoms with Gasteiger partial charge in [-0.3, -0.25) is 10.1 Å². The lowest BCUT2D eigenvalue weighted by Crippen LogP contribution is -2.06. The molecule has 2 aromatic rings. The summed E-state index contributed by atoms with van der Waals surface area (Å²) in [5.41, 5.74) is 2.86. The first-order valence-corrected chi connectivity index (χ1v) is 5.93. The average molecular weight is 253 g/mol. The number of non-ortho nitro benzene ring substituents is 1. The van der Waals surface area contributed by atoms with Crippen LogP contribution >= 0.6 is 0 Å². The predicted octanol–water partition coefficient (Wildman–Crippen LogP) is 3.42. The fourth-order valence-corrected chi connectivity index (χ4v) is 2.18. The molecule has 0 fully saturated rings. The first-order valence-electron chi connectivity index (χ1n) is 5.93. The molecule has 4 heteroatoms. The fourth-order valence-electron chi connectivity index (χ4n) is 2.18. The standard InChI is InChI=1S/C15H11NO3/c17-16(18)12-6-7-15-14(10-12)13(8-9-19-15)11-4-2-1-3-5-11/h1-8,10H,9H2. The highest BCUT2D eigenvalue weighted by molar-refractivity contribution is 5.84. The van der Waals surface area contributed by atoms with Crippen LogP contribution in [0.4, 0.5) is 5.69 Å². The van der Waals surface area contributed by atoms with E-state index < -0.39 is 4.92 Å². The van der Waals surface area contributed by atoms with Crippen molar-refractivity contribution in [2.75, 3.05) is 6.61 Å². The van der Waals surface area contributed by atoms with Crippen molar-refractivity contribution in [1.29, 1.82) is 0 Å². The summed E-state index contributed by atoms with van der Waals surface area (Å²) in [6.45, 7) is 0.481. The van der Waals surface area contributed by atoms with Crippen LogP contribution in [0.5, 0.6) is 5.75 Å². The third-order valence-corrected chi connectivity index (χ3v) is 3.08. The molecule has 0 unspecified atom stereocenters. The summed E-state index contributed by atoms with van der Waals surface area (Å²) in [4.78, 5) is 10.5. The lowest BCUT2D eigenvalue weighted by molar-refractivity contribution is -0.384. The van der Waals surface area contributed by atoms with Gasteiger partial charge < -0.3 is 4.74 Å². The maximum absolute atomic E-state index is 10.9. The SMILES string of the molecule is O=[N+]([O-])c1ccc2c(c1)C(c1ccccc1)=CCO2. The normalized spacial score (nSPS) is 13.2. The zero-order chi connectivity index (χ0) is 13.2. The number of nitro benzene ring substituents is 1. The molecule has 0 atom stereocenters. The molecule has 1 aliphatic rings. The first kappa shape index (κ1) is 11.5. The van der Waals surface area contributed by atoms with Crippen molar-refractivity contribution >= 4 is 11.3 Å². The van der Waals surface area contributed by atoms with Crippen LogP contribution in [0, 0.1) is 10.1 Å². The summed E-state index contributed by atoms with van der Waals surface area (Å²) in [6.07, 6.45) is 1.95. The van der Waals surface area contributed by atoms with Crippen LogP contribution in [0.3, 0.4) is 0 Å². The van der Waals surface area contributed by atoms with E-state index in [0.29, 0.717) is 12.4 Å². The minimum Gasteiger partial charge on any atom is -0.489 e. The highest BCUT2D eigenvalue weighted by Crippen LogP contribution is 2.36. The van der Waals surface area contributed by atoms with Crippen LogP contribution in [0.25, 0.3) is 5.57 Å². The first-order chi connectivity index (χ1) is 9.25. The minimum atomic E-state index is -0.391. The molecule has 2 aromatic carbocycles. The average Bonchev–Trinajstić information content (AvgIpc) is 2.47. The molecule has 19 heavy (non-hydrogen) atoms. The molecule has 94 valence electrons. The Balaban J connectivity index is 2.13. The van der Waals surface area contributed by atoms with Crippen molar-refractivity contribution in [2.24, 2.45) is 0 Å². The van der Waals surface area contributed by atoms with Gasteiger partial charge in [-0.1, -0.05) is 30.3 Å². The van der Waals surface area contributed by atoms with Crippen molar-refractivity contribution in [1.82, 2.24) is 0 Å². The van der Waals surface area contributed by atoms with Crippen molar-refractivity contribution in [3.63, 3.8) is 0 Å². The molecule has 0 saturated carbocycles. The van der Waals surface area contributed by atoms with Gasteiger partial charge in [0.1, 0.15) is 12.4 Å². The van der Waals surface area contributed by atoms with E-state index in [1.807, 2.05) is 36.4 Å². The Kier molecular flexibility index (Phi) is 2.76. The molecule has 4 nitrogen and oxygen atoms in total. The number of nitro groups is 1. The number of fused-ring (bicyclic) bond motifs is 1. The van der Waals surface area contributed by atoms with Crippen molar-refractivity contribution < 1.29 is 9.66 Å². The summed E-state index contributed by atoms with van der Waals surface area (Å²) < 4.78 is 5.51. The van der Waals surface area contributed by atoms with E-state index in [9.17, 15) is 10.1 Å². The Hall–Kier alpha value is -2.62. The number of nitrogens with zero attached hydrogens (tertiary/aromatic N) is 1. The molecule has 0 amide bonds. The van der Waals surface area contributed by atoms with Gasteiger partial charge in [-0.25, -0.2) is 0 Å². The lowest BCUT2D eigenvalue weighted by Gasteiger charge is -2.18. The molecule has 3 rings (SSSR count). The van der Waals surface area contributed by atoms with Gasteiger partial charge >= 0.3 is 0 Å². The van der Waals surface area contributed by atoms with Gasteiger partial charge in [-0.05, 0) is 23.3 Å². The predicted molar refractivity (Wildman–Crippen MR) is 72.1 cm³/mol. The summed E-state index contributed by atoms with van der Waals surface area (Å²) in [7, 11) is 0. The molecule has 0 N–H and O–H groups in total. The number of rotatable bonds is 2. The zero-order valence-electron chi connectivity index (χ0n) is 10.1. The monoisotopic (exact) mass is 253 g/mol. The second-order valence-corrected chi connectivity index (χ2v) is 4.23. The van der Waals surface area contributed by atoms with E-state index in [4.69, 9.17) is 4.74 Å². The van der Waals surface area contributed by atoms with E-state index in [-0.39, 0.29) is 5.69 Å². The van der Waals surface area contributed by atoms with Crippen LogP contribution in [-0.4, -0.2) is 11.5 Å². The van der Waals surface area contributed by atoms with E-state index in [0.717, 1.165) is 16.7 Å². The van der Waals surface area contributed by atoms with Crippen LogP contribution in [-0.2, 0) is 0 Å². The minimum absolute atomic E-state index is 0.0751. The topological polar surface area (TPSA) is 52.4 Å². The van der Waals surface area contributed by atoms with Crippen LogP contribution in [0.15, 0.2) is 54.6 Å². The van der Waals surface area contributed by atoms with Gasteiger partial charge in [0, 0.05) is 17.7 Å². The molecule has 1 heterocycles.